The Balaban J connectivity index is 1.58. The third-order valence-corrected chi connectivity index (χ3v) is 5.54. The molecule has 2 N–H and O–H groups in total. The van der Waals surface area contributed by atoms with Crippen LogP contribution in [0.5, 0.6) is 11.5 Å². The van der Waals surface area contributed by atoms with Crippen molar-refractivity contribution >= 4 is 17.2 Å². The normalized spacial score (nSPS) is 20.2. The van der Waals surface area contributed by atoms with Crippen molar-refractivity contribution in [2.75, 3.05) is 19.8 Å². The summed E-state index contributed by atoms with van der Waals surface area (Å²) in [6, 6.07) is 8.37. The van der Waals surface area contributed by atoms with Crippen molar-refractivity contribution in [3.8, 4) is 11.5 Å². The molecule has 1 unspecified atom stereocenters. The van der Waals surface area contributed by atoms with E-state index >= 15 is 0 Å². The second-order valence-corrected chi connectivity index (χ2v) is 7.16. The predicted octanol–water partition coefficient (Wildman–Crippen LogP) is 2.96. The first-order chi connectivity index (χ1) is 11.7. The lowest BCUT2D eigenvalue weighted by atomic mass is 10.0. The van der Waals surface area contributed by atoms with Crippen LogP contribution in [0.1, 0.15) is 39.7 Å². The molecule has 5 nitrogen and oxygen atoms in total. The first-order valence-electron chi connectivity index (χ1n) is 8.22. The molecule has 2 aliphatic rings. The highest BCUT2D eigenvalue weighted by Crippen LogP contribution is 2.43. The topological polar surface area (TPSA) is 64.8 Å². The molecule has 6 heteroatoms. The third kappa shape index (κ3) is 2.87. The van der Waals surface area contributed by atoms with E-state index in [1.165, 1.54) is 5.56 Å². The maximum absolute atomic E-state index is 11.3. The number of likely N-dealkylation sites (tertiary alicyclic amines) is 1. The van der Waals surface area contributed by atoms with Crippen LogP contribution in [0, 0.1) is 0 Å². The number of carbonyl (C=O) groups excluding carboxylic acids is 1. The molecule has 2 aliphatic heterocycles. The highest BCUT2D eigenvalue weighted by atomic mass is 32.1. The van der Waals surface area contributed by atoms with Gasteiger partial charge in [-0.3, -0.25) is 9.69 Å². The van der Waals surface area contributed by atoms with Gasteiger partial charge in [0, 0.05) is 28.4 Å². The van der Waals surface area contributed by atoms with E-state index in [-0.39, 0.29) is 5.91 Å². The van der Waals surface area contributed by atoms with E-state index < -0.39 is 0 Å². The lowest BCUT2D eigenvalue weighted by Crippen LogP contribution is -2.24. The van der Waals surface area contributed by atoms with Gasteiger partial charge in [0.05, 0.1) is 5.56 Å². The van der Waals surface area contributed by atoms with E-state index in [4.69, 9.17) is 15.2 Å². The molecule has 2 aromatic rings. The molecule has 126 valence electrons. The average molecular weight is 344 g/mol. The number of nitrogens with two attached hydrogens (primary N) is 1. The van der Waals surface area contributed by atoms with Crippen LogP contribution in [0.3, 0.4) is 0 Å². The second kappa shape index (κ2) is 6.45. The van der Waals surface area contributed by atoms with Gasteiger partial charge in [0.25, 0.3) is 0 Å². The zero-order valence-electron chi connectivity index (χ0n) is 13.4. The summed E-state index contributed by atoms with van der Waals surface area (Å²) in [5, 5.41) is 1.84. The molecular formula is C18H20N2O3S. The molecule has 4 rings (SSSR count). The van der Waals surface area contributed by atoms with Crippen LogP contribution >= 0.6 is 11.3 Å². The summed E-state index contributed by atoms with van der Waals surface area (Å²) < 4.78 is 11.6. The van der Waals surface area contributed by atoms with Crippen LogP contribution in [0.4, 0.5) is 0 Å². The molecule has 1 saturated heterocycles. The predicted molar refractivity (Wildman–Crippen MR) is 92.7 cm³/mol. The Morgan fingerprint density at radius 3 is 3.04 bits per heavy atom. The Bertz CT molecular complexity index is 758. The SMILES string of the molecule is NC(=O)c1csc(CN2CCCC2c2cccc3c2OCCO3)c1. The molecule has 0 bridgehead atoms. The minimum atomic E-state index is -0.363. The number of rotatable bonds is 4. The summed E-state index contributed by atoms with van der Waals surface area (Å²) in [4.78, 5) is 14.9. The van der Waals surface area contributed by atoms with Gasteiger partial charge in [0.1, 0.15) is 13.2 Å². The number of thiophene rings is 1. The average Bonchev–Trinajstić information content (AvgIpc) is 3.24. The van der Waals surface area contributed by atoms with Gasteiger partial charge >= 0.3 is 0 Å². The number of benzene rings is 1. The molecule has 1 aromatic carbocycles. The fraction of sp³-hybridized carbons (Fsp3) is 0.389. The Labute approximate surface area is 145 Å². The number of primary amides is 1. The summed E-state index contributed by atoms with van der Waals surface area (Å²) in [6.07, 6.45) is 2.26. The molecule has 0 spiro atoms. The molecule has 0 aliphatic carbocycles. The second-order valence-electron chi connectivity index (χ2n) is 6.17. The van der Waals surface area contributed by atoms with Crippen LogP contribution in [0.2, 0.25) is 0 Å². The zero-order valence-corrected chi connectivity index (χ0v) is 14.2. The molecule has 0 saturated carbocycles. The smallest absolute Gasteiger partial charge is 0.249 e. The summed E-state index contributed by atoms with van der Waals surface area (Å²) in [7, 11) is 0. The molecular weight excluding hydrogens is 324 g/mol. The largest absolute Gasteiger partial charge is 0.486 e. The maximum Gasteiger partial charge on any atom is 0.249 e. The van der Waals surface area contributed by atoms with Crippen molar-refractivity contribution < 1.29 is 14.3 Å². The van der Waals surface area contributed by atoms with Crippen LogP contribution < -0.4 is 15.2 Å². The first kappa shape index (κ1) is 15.5. The Morgan fingerprint density at radius 1 is 1.33 bits per heavy atom. The van der Waals surface area contributed by atoms with Crippen molar-refractivity contribution in [1.82, 2.24) is 4.90 Å². The number of para-hydroxylation sites is 1. The quantitative estimate of drug-likeness (QED) is 0.926. The minimum Gasteiger partial charge on any atom is -0.486 e. The fourth-order valence-corrected chi connectivity index (χ4v) is 4.42. The number of amides is 1. The molecule has 1 aromatic heterocycles. The Morgan fingerprint density at radius 2 is 2.21 bits per heavy atom. The molecule has 1 fully saturated rings. The maximum atomic E-state index is 11.3. The standard InChI is InChI=1S/C18H20N2O3S/c19-18(21)12-9-13(24-11-12)10-20-6-2-4-15(20)14-3-1-5-16-17(14)23-8-7-22-16/h1,3,5,9,11,15H,2,4,6-8,10H2,(H2,19,21). The van der Waals surface area contributed by atoms with Crippen molar-refractivity contribution in [2.45, 2.75) is 25.4 Å². The third-order valence-electron chi connectivity index (χ3n) is 4.62. The highest BCUT2D eigenvalue weighted by Gasteiger charge is 2.30. The van der Waals surface area contributed by atoms with Crippen LogP contribution in [0.25, 0.3) is 0 Å². The summed E-state index contributed by atoms with van der Waals surface area (Å²) in [5.41, 5.74) is 7.16. The molecule has 3 heterocycles. The van der Waals surface area contributed by atoms with Crippen molar-refractivity contribution in [1.29, 1.82) is 0 Å². The molecule has 0 radical (unpaired) electrons. The van der Waals surface area contributed by atoms with Gasteiger partial charge in [-0.1, -0.05) is 12.1 Å². The number of ether oxygens (including phenoxy) is 2. The van der Waals surface area contributed by atoms with E-state index in [1.807, 2.05) is 23.6 Å². The minimum absolute atomic E-state index is 0.320. The van der Waals surface area contributed by atoms with Gasteiger partial charge in [-0.05, 0) is 31.5 Å². The van der Waals surface area contributed by atoms with E-state index in [1.54, 1.807) is 11.3 Å². The number of fused-ring (bicyclic) bond motifs is 1. The van der Waals surface area contributed by atoms with Gasteiger partial charge < -0.3 is 15.2 Å². The summed E-state index contributed by atoms with van der Waals surface area (Å²) in [5.74, 6) is 1.38. The Hall–Kier alpha value is -2.05. The summed E-state index contributed by atoms with van der Waals surface area (Å²) >= 11 is 1.59. The lowest BCUT2D eigenvalue weighted by Gasteiger charge is -2.28. The number of carbonyl (C=O) groups is 1. The molecule has 24 heavy (non-hydrogen) atoms. The molecule has 1 atom stereocenters. The van der Waals surface area contributed by atoms with Crippen molar-refractivity contribution in [3.63, 3.8) is 0 Å². The monoisotopic (exact) mass is 344 g/mol. The van der Waals surface area contributed by atoms with Crippen LogP contribution in [0.15, 0.2) is 29.6 Å². The van der Waals surface area contributed by atoms with E-state index in [9.17, 15) is 4.79 Å². The van der Waals surface area contributed by atoms with Gasteiger partial charge in [-0.25, -0.2) is 0 Å². The lowest BCUT2D eigenvalue weighted by molar-refractivity contribution is 0.100. The fourth-order valence-electron chi connectivity index (χ4n) is 3.52. The Kier molecular flexibility index (Phi) is 4.16. The highest BCUT2D eigenvalue weighted by molar-refractivity contribution is 7.10. The zero-order chi connectivity index (χ0) is 16.5. The number of hydrogen-bond acceptors (Lipinski definition) is 5. The van der Waals surface area contributed by atoms with E-state index in [2.05, 4.69) is 11.0 Å². The summed E-state index contributed by atoms with van der Waals surface area (Å²) in [6.45, 7) is 3.08. The van der Waals surface area contributed by atoms with E-state index in [0.29, 0.717) is 24.8 Å². The van der Waals surface area contributed by atoms with Gasteiger partial charge in [-0.15, -0.1) is 11.3 Å². The van der Waals surface area contributed by atoms with Crippen molar-refractivity contribution in [2.24, 2.45) is 5.73 Å². The van der Waals surface area contributed by atoms with E-state index in [0.717, 1.165) is 42.3 Å². The van der Waals surface area contributed by atoms with Crippen LogP contribution in [-0.4, -0.2) is 30.6 Å². The molecule has 1 amide bonds. The van der Waals surface area contributed by atoms with Gasteiger partial charge in [0.15, 0.2) is 11.5 Å². The van der Waals surface area contributed by atoms with Crippen molar-refractivity contribution in [3.05, 3.63) is 45.6 Å². The first-order valence-corrected chi connectivity index (χ1v) is 9.10. The van der Waals surface area contributed by atoms with Gasteiger partial charge in [0.2, 0.25) is 5.91 Å². The number of nitrogens with zero attached hydrogens (tertiary/aromatic N) is 1. The number of hydrogen-bond donors (Lipinski definition) is 1. The van der Waals surface area contributed by atoms with Gasteiger partial charge in [-0.2, -0.15) is 0 Å². The van der Waals surface area contributed by atoms with Crippen LogP contribution in [-0.2, 0) is 6.54 Å².